The van der Waals surface area contributed by atoms with E-state index in [-0.39, 0.29) is 12.6 Å². The lowest BCUT2D eigenvalue weighted by Crippen LogP contribution is -2.32. The van der Waals surface area contributed by atoms with Crippen LogP contribution in [0.25, 0.3) is 0 Å². The largest absolute Gasteiger partial charge is 0.473 e. The second kappa shape index (κ2) is 4.94. The second-order valence-electron chi connectivity index (χ2n) is 4.97. The molecule has 3 rings (SSSR count). The van der Waals surface area contributed by atoms with Crippen LogP contribution in [-0.4, -0.2) is 35.4 Å². The van der Waals surface area contributed by atoms with Crippen molar-refractivity contribution >= 4 is 17.3 Å². The number of anilines is 1. The van der Waals surface area contributed by atoms with Gasteiger partial charge in [0.15, 0.2) is 0 Å². The van der Waals surface area contributed by atoms with E-state index in [1.54, 1.807) is 6.20 Å². The number of halogens is 1. The van der Waals surface area contributed by atoms with Crippen molar-refractivity contribution in [3.8, 4) is 5.88 Å². The van der Waals surface area contributed by atoms with Crippen LogP contribution < -0.4 is 9.64 Å². The molecule has 1 saturated carbocycles. The first-order valence-electron chi connectivity index (χ1n) is 6.47. The summed E-state index contributed by atoms with van der Waals surface area (Å²) in [6.07, 6.45) is 6.41. The Labute approximate surface area is 112 Å². The molecular formula is C13H17ClN2O2. The third-order valence-corrected chi connectivity index (χ3v) is 3.79. The number of pyridine rings is 1. The number of ether oxygens (including phenoxy) is 1. The predicted octanol–water partition coefficient (Wildman–Crippen LogP) is 2.24. The normalized spacial score (nSPS) is 23.4. The van der Waals surface area contributed by atoms with Gasteiger partial charge >= 0.3 is 0 Å². The lowest BCUT2D eigenvalue weighted by atomic mass is 10.2. The van der Waals surface area contributed by atoms with Crippen LogP contribution in [0.2, 0.25) is 5.02 Å². The highest BCUT2D eigenvalue weighted by Crippen LogP contribution is 2.34. The fourth-order valence-electron chi connectivity index (χ4n) is 2.37. The highest BCUT2D eigenvalue weighted by atomic mass is 35.5. The summed E-state index contributed by atoms with van der Waals surface area (Å²) in [7, 11) is 0. The molecule has 2 fully saturated rings. The maximum absolute atomic E-state index is 9.33. The predicted molar refractivity (Wildman–Crippen MR) is 70.4 cm³/mol. The lowest BCUT2D eigenvalue weighted by molar-refractivity contribution is 0.266. The molecule has 0 unspecified atom stereocenters. The van der Waals surface area contributed by atoms with Gasteiger partial charge in [0.1, 0.15) is 11.1 Å². The first-order chi connectivity index (χ1) is 8.78. The Hall–Kier alpha value is -1.00. The minimum absolute atomic E-state index is 0.179. The van der Waals surface area contributed by atoms with Gasteiger partial charge in [-0.25, -0.2) is 4.98 Å². The third-order valence-electron chi connectivity index (χ3n) is 3.52. The molecule has 0 radical (unpaired) electrons. The van der Waals surface area contributed by atoms with Gasteiger partial charge in [-0.1, -0.05) is 11.6 Å². The fourth-order valence-corrected chi connectivity index (χ4v) is 2.57. The van der Waals surface area contributed by atoms with Gasteiger partial charge in [0.2, 0.25) is 5.88 Å². The van der Waals surface area contributed by atoms with E-state index < -0.39 is 0 Å². The molecule has 0 spiro atoms. The van der Waals surface area contributed by atoms with Gasteiger partial charge in [-0.15, -0.1) is 0 Å². The maximum atomic E-state index is 9.33. The summed E-state index contributed by atoms with van der Waals surface area (Å²) in [5.74, 6) is 0.530. The van der Waals surface area contributed by atoms with Crippen LogP contribution in [0.1, 0.15) is 25.7 Å². The van der Waals surface area contributed by atoms with E-state index in [0.717, 1.165) is 37.9 Å². The number of rotatable bonds is 4. The number of aromatic nitrogens is 1. The molecule has 0 amide bonds. The minimum Gasteiger partial charge on any atom is -0.473 e. The molecule has 2 aliphatic rings. The number of aliphatic hydroxyl groups is 1. The first-order valence-corrected chi connectivity index (χ1v) is 6.85. The monoisotopic (exact) mass is 268 g/mol. The molecule has 1 aliphatic heterocycles. The zero-order valence-corrected chi connectivity index (χ0v) is 10.9. The van der Waals surface area contributed by atoms with Gasteiger partial charge < -0.3 is 14.7 Å². The van der Waals surface area contributed by atoms with Crippen molar-refractivity contribution in [1.82, 2.24) is 4.98 Å². The van der Waals surface area contributed by atoms with Crippen molar-refractivity contribution in [2.75, 3.05) is 18.1 Å². The van der Waals surface area contributed by atoms with Crippen LogP contribution in [0.4, 0.5) is 5.69 Å². The molecular weight excluding hydrogens is 252 g/mol. The van der Waals surface area contributed by atoms with Crippen LogP contribution in [0.15, 0.2) is 12.3 Å². The summed E-state index contributed by atoms with van der Waals surface area (Å²) < 4.78 is 5.62. The van der Waals surface area contributed by atoms with E-state index in [4.69, 9.17) is 16.3 Å². The summed E-state index contributed by atoms with van der Waals surface area (Å²) in [5, 5.41) is 9.89. The third kappa shape index (κ3) is 2.40. The van der Waals surface area contributed by atoms with Crippen molar-refractivity contribution in [3.05, 3.63) is 17.3 Å². The van der Waals surface area contributed by atoms with E-state index in [1.807, 2.05) is 6.07 Å². The van der Waals surface area contributed by atoms with E-state index in [9.17, 15) is 5.11 Å². The number of hydrogen-bond acceptors (Lipinski definition) is 4. The molecule has 4 nitrogen and oxygen atoms in total. The molecule has 1 saturated heterocycles. The summed E-state index contributed by atoms with van der Waals surface area (Å²) in [6.45, 7) is 1.13. The van der Waals surface area contributed by atoms with Gasteiger partial charge in [0.25, 0.3) is 0 Å². The number of nitrogens with zero attached hydrogens (tertiary/aromatic N) is 2. The maximum Gasteiger partial charge on any atom is 0.232 e. The van der Waals surface area contributed by atoms with E-state index in [2.05, 4.69) is 9.88 Å². The fraction of sp³-hybridized carbons (Fsp3) is 0.615. The topological polar surface area (TPSA) is 45.6 Å². The van der Waals surface area contributed by atoms with Gasteiger partial charge in [-0.3, -0.25) is 0 Å². The average Bonchev–Trinajstić information content (AvgIpc) is 3.06. The van der Waals surface area contributed by atoms with Gasteiger partial charge in [-0.2, -0.15) is 0 Å². The molecule has 1 aromatic rings. The Morgan fingerprint density at radius 1 is 1.44 bits per heavy atom. The Kier molecular flexibility index (Phi) is 3.31. The quantitative estimate of drug-likeness (QED) is 0.910. The van der Waals surface area contributed by atoms with Crippen molar-refractivity contribution in [2.45, 2.75) is 37.8 Å². The van der Waals surface area contributed by atoms with Crippen LogP contribution in [-0.2, 0) is 0 Å². The number of hydrogen-bond donors (Lipinski definition) is 1. The molecule has 2 heterocycles. The standard InChI is InChI=1S/C13H17ClN2O2/c14-12-6-10(16-5-1-2-9(16)8-17)7-15-13(12)18-11-3-4-11/h6-7,9,11,17H,1-5,8H2/t9-/m1/s1. The van der Waals surface area contributed by atoms with Crippen LogP contribution in [0.5, 0.6) is 5.88 Å². The SMILES string of the molecule is OC[C@H]1CCCN1c1cnc(OC2CC2)c(Cl)c1. The molecule has 0 aromatic carbocycles. The lowest BCUT2D eigenvalue weighted by Gasteiger charge is -2.25. The molecule has 1 atom stereocenters. The summed E-state index contributed by atoms with van der Waals surface area (Å²) in [6, 6.07) is 2.08. The van der Waals surface area contributed by atoms with Gasteiger partial charge in [-0.05, 0) is 31.7 Å². The summed E-state index contributed by atoms with van der Waals surface area (Å²) in [4.78, 5) is 6.46. The van der Waals surface area contributed by atoms with Gasteiger partial charge in [0.05, 0.1) is 24.5 Å². The molecule has 1 aromatic heterocycles. The molecule has 5 heteroatoms. The molecule has 98 valence electrons. The van der Waals surface area contributed by atoms with E-state index >= 15 is 0 Å². The highest BCUT2D eigenvalue weighted by Gasteiger charge is 2.27. The summed E-state index contributed by atoms with van der Waals surface area (Å²) in [5.41, 5.74) is 0.972. The molecule has 18 heavy (non-hydrogen) atoms. The molecule has 0 bridgehead atoms. The molecule has 1 aliphatic carbocycles. The summed E-state index contributed by atoms with van der Waals surface area (Å²) >= 11 is 6.19. The van der Waals surface area contributed by atoms with Crippen LogP contribution in [0.3, 0.4) is 0 Å². The Bertz CT molecular complexity index is 437. The zero-order chi connectivity index (χ0) is 12.5. The number of aliphatic hydroxyl groups excluding tert-OH is 1. The van der Waals surface area contributed by atoms with Crippen LogP contribution >= 0.6 is 11.6 Å². The average molecular weight is 269 g/mol. The molecule has 1 N–H and O–H groups in total. The van der Waals surface area contributed by atoms with E-state index in [0.29, 0.717) is 17.0 Å². The van der Waals surface area contributed by atoms with Crippen molar-refractivity contribution in [2.24, 2.45) is 0 Å². The Morgan fingerprint density at radius 3 is 2.94 bits per heavy atom. The zero-order valence-electron chi connectivity index (χ0n) is 10.2. The first kappa shape index (κ1) is 12.1. The Morgan fingerprint density at radius 2 is 2.28 bits per heavy atom. The van der Waals surface area contributed by atoms with Gasteiger partial charge in [0, 0.05) is 6.54 Å². The van der Waals surface area contributed by atoms with Crippen molar-refractivity contribution < 1.29 is 9.84 Å². The van der Waals surface area contributed by atoms with E-state index in [1.165, 1.54) is 0 Å². The van der Waals surface area contributed by atoms with Crippen molar-refractivity contribution in [3.63, 3.8) is 0 Å². The second-order valence-corrected chi connectivity index (χ2v) is 5.38. The highest BCUT2D eigenvalue weighted by molar-refractivity contribution is 6.32. The van der Waals surface area contributed by atoms with Crippen LogP contribution in [0, 0.1) is 0 Å². The minimum atomic E-state index is 0.179. The Balaban J connectivity index is 1.78. The smallest absolute Gasteiger partial charge is 0.232 e. The van der Waals surface area contributed by atoms with Crippen molar-refractivity contribution in [1.29, 1.82) is 0 Å².